The number of esters is 1. The Hall–Kier alpha value is -1.87. The Labute approximate surface area is 190 Å². The molecule has 174 valence electrons. The van der Waals surface area contributed by atoms with Gasteiger partial charge in [-0.05, 0) is 57.4 Å². The summed E-state index contributed by atoms with van der Waals surface area (Å²) in [5, 5.41) is 9.66. The first-order valence-electron chi connectivity index (χ1n) is 12.3. The molecule has 1 aliphatic heterocycles. The van der Waals surface area contributed by atoms with E-state index in [1.54, 1.807) is 0 Å². The largest absolute Gasteiger partial charge is 0.426 e. The maximum absolute atomic E-state index is 11.5. The molecule has 0 aromatic rings. The number of carbonyl (C=O) groups is 1. The molecule has 1 rings (SSSR count). The highest BCUT2D eigenvalue weighted by Crippen LogP contribution is 2.24. The fourth-order valence-corrected chi connectivity index (χ4v) is 3.52. The molecule has 0 amide bonds. The van der Waals surface area contributed by atoms with E-state index >= 15 is 0 Å². The standard InChI is InChI=1S/C28H44O3/c1-3-4-5-6-7-8-9-10-11-12-13-14-15-16-17-18-19-20-21-22-23-24-26-25-28(2,30)31-27(26)29/h11-12,14-15,17-18,20-21,25,30H,3-10,13,16,19,22-24H2,1-2H3. The van der Waals surface area contributed by atoms with Gasteiger partial charge in [0.15, 0.2) is 0 Å². The van der Waals surface area contributed by atoms with Crippen molar-refractivity contribution in [1.29, 1.82) is 0 Å². The molecule has 0 aromatic carbocycles. The van der Waals surface area contributed by atoms with Gasteiger partial charge in [0.2, 0.25) is 5.79 Å². The Morgan fingerprint density at radius 2 is 1.26 bits per heavy atom. The van der Waals surface area contributed by atoms with Crippen molar-refractivity contribution in [3.05, 3.63) is 60.3 Å². The van der Waals surface area contributed by atoms with Crippen LogP contribution in [0.15, 0.2) is 60.3 Å². The van der Waals surface area contributed by atoms with Gasteiger partial charge in [-0.1, -0.05) is 94.1 Å². The van der Waals surface area contributed by atoms with Gasteiger partial charge in [0.1, 0.15) is 0 Å². The molecule has 31 heavy (non-hydrogen) atoms. The molecule has 3 heteroatoms. The minimum atomic E-state index is -1.43. The van der Waals surface area contributed by atoms with E-state index < -0.39 is 11.8 Å². The van der Waals surface area contributed by atoms with Crippen molar-refractivity contribution in [1.82, 2.24) is 0 Å². The lowest BCUT2D eigenvalue weighted by Crippen LogP contribution is -2.22. The summed E-state index contributed by atoms with van der Waals surface area (Å²) in [4.78, 5) is 11.5. The van der Waals surface area contributed by atoms with Crippen LogP contribution in [-0.2, 0) is 9.53 Å². The van der Waals surface area contributed by atoms with Crippen LogP contribution < -0.4 is 0 Å². The third-order valence-electron chi connectivity index (χ3n) is 5.28. The predicted octanol–water partition coefficient (Wildman–Crippen LogP) is 7.88. The molecule has 0 bridgehead atoms. The number of ether oxygens (including phenoxy) is 1. The van der Waals surface area contributed by atoms with Crippen molar-refractivity contribution in [3.63, 3.8) is 0 Å². The van der Waals surface area contributed by atoms with Crippen molar-refractivity contribution in [2.75, 3.05) is 0 Å². The number of rotatable bonds is 18. The number of cyclic esters (lactones) is 1. The van der Waals surface area contributed by atoms with E-state index in [4.69, 9.17) is 4.74 Å². The maximum atomic E-state index is 11.5. The summed E-state index contributed by atoms with van der Waals surface area (Å²) in [6, 6.07) is 0. The van der Waals surface area contributed by atoms with Gasteiger partial charge < -0.3 is 9.84 Å². The van der Waals surface area contributed by atoms with Crippen molar-refractivity contribution in [2.24, 2.45) is 0 Å². The lowest BCUT2D eigenvalue weighted by molar-refractivity contribution is -0.172. The normalized spacial score (nSPS) is 19.5. The molecular weight excluding hydrogens is 384 g/mol. The van der Waals surface area contributed by atoms with Crippen molar-refractivity contribution in [3.8, 4) is 0 Å². The van der Waals surface area contributed by atoms with Crippen molar-refractivity contribution in [2.45, 2.75) is 110 Å². The molecule has 0 radical (unpaired) electrons. The first-order chi connectivity index (χ1) is 15.0. The van der Waals surface area contributed by atoms with Crippen LogP contribution in [0, 0.1) is 0 Å². The molecular formula is C28H44O3. The number of unbranched alkanes of at least 4 members (excludes halogenated alkanes) is 8. The van der Waals surface area contributed by atoms with Crippen LogP contribution in [0.2, 0.25) is 0 Å². The number of allylic oxidation sites excluding steroid dienone is 8. The molecule has 3 nitrogen and oxygen atoms in total. The second-order valence-corrected chi connectivity index (χ2v) is 8.51. The average molecular weight is 429 g/mol. The Morgan fingerprint density at radius 3 is 1.77 bits per heavy atom. The maximum Gasteiger partial charge on any atom is 0.336 e. The van der Waals surface area contributed by atoms with E-state index in [2.05, 4.69) is 55.5 Å². The van der Waals surface area contributed by atoms with E-state index in [9.17, 15) is 9.90 Å². The third-order valence-corrected chi connectivity index (χ3v) is 5.28. The Bertz CT molecular complexity index is 620. The van der Waals surface area contributed by atoms with Crippen LogP contribution in [0.4, 0.5) is 0 Å². The van der Waals surface area contributed by atoms with E-state index in [1.807, 2.05) is 0 Å². The fraction of sp³-hybridized carbons (Fsp3) is 0.607. The summed E-state index contributed by atoms with van der Waals surface area (Å²) >= 11 is 0. The first-order valence-corrected chi connectivity index (χ1v) is 12.3. The predicted molar refractivity (Wildman–Crippen MR) is 132 cm³/mol. The van der Waals surface area contributed by atoms with Crippen LogP contribution in [0.5, 0.6) is 0 Å². The van der Waals surface area contributed by atoms with E-state index in [0.717, 1.165) is 32.1 Å². The van der Waals surface area contributed by atoms with E-state index in [-0.39, 0.29) is 0 Å². The summed E-state index contributed by atoms with van der Waals surface area (Å²) in [6.45, 7) is 3.75. The minimum Gasteiger partial charge on any atom is -0.426 e. The van der Waals surface area contributed by atoms with Crippen LogP contribution in [0.1, 0.15) is 104 Å². The molecule has 1 aliphatic rings. The molecule has 0 saturated heterocycles. The lowest BCUT2D eigenvalue weighted by Gasteiger charge is -2.11. The Kier molecular flexibility index (Phi) is 15.6. The smallest absolute Gasteiger partial charge is 0.336 e. The third kappa shape index (κ3) is 15.6. The van der Waals surface area contributed by atoms with Gasteiger partial charge in [-0.3, -0.25) is 0 Å². The molecule has 1 atom stereocenters. The number of carbonyl (C=O) groups excluding carboxylic acids is 1. The second-order valence-electron chi connectivity index (χ2n) is 8.51. The quantitative estimate of drug-likeness (QED) is 0.137. The van der Waals surface area contributed by atoms with E-state index in [0.29, 0.717) is 12.0 Å². The van der Waals surface area contributed by atoms with Crippen molar-refractivity contribution >= 4 is 5.97 Å². The van der Waals surface area contributed by atoms with Crippen molar-refractivity contribution < 1.29 is 14.6 Å². The summed E-state index contributed by atoms with van der Waals surface area (Å²) in [6.07, 6.45) is 35.5. The molecule has 1 unspecified atom stereocenters. The zero-order valence-electron chi connectivity index (χ0n) is 19.9. The van der Waals surface area contributed by atoms with Gasteiger partial charge in [0.05, 0.1) is 0 Å². The average Bonchev–Trinajstić information content (AvgIpc) is 3.00. The van der Waals surface area contributed by atoms with Crippen LogP contribution in [0.3, 0.4) is 0 Å². The topological polar surface area (TPSA) is 46.5 Å². The summed E-state index contributed by atoms with van der Waals surface area (Å²) in [7, 11) is 0. The highest BCUT2D eigenvalue weighted by atomic mass is 16.7. The number of hydrogen-bond donors (Lipinski definition) is 1. The summed E-state index contributed by atoms with van der Waals surface area (Å²) in [5.74, 6) is -1.82. The second kappa shape index (κ2) is 17.8. The van der Waals surface area contributed by atoms with Crippen LogP contribution in [0.25, 0.3) is 0 Å². The highest BCUT2D eigenvalue weighted by molar-refractivity contribution is 5.91. The zero-order chi connectivity index (χ0) is 22.6. The molecule has 1 heterocycles. The van der Waals surface area contributed by atoms with Gasteiger partial charge in [-0.15, -0.1) is 0 Å². The summed E-state index contributed by atoms with van der Waals surface area (Å²) < 4.78 is 4.85. The van der Waals surface area contributed by atoms with Gasteiger partial charge >= 0.3 is 5.97 Å². The monoisotopic (exact) mass is 428 g/mol. The van der Waals surface area contributed by atoms with Gasteiger partial charge in [-0.2, -0.15) is 0 Å². The molecule has 0 aliphatic carbocycles. The van der Waals surface area contributed by atoms with E-state index in [1.165, 1.54) is 64.4 Å². The molecule has 0 fully saturated rings. The molecule has 0 spiro atoms. The fourth-order valence-electron chi connectivity index (χ4n) is 3.52. The SMILES string of the molecule is CCCCCCCCCC=CCC=CCC=CCC=CCCCC1=CC(C)(O)OC1=O. The number of hydrogen-bond acceptors (Lipinski definition) is 3. The van der Waals surface area contributed by atoms with Gasteiger partial charge in [0, 0.05) is 12.5 Å². The van der Waals surface area contributed by atoms with Crippen LogP contribution in [-0.4, -0.2) is 16.9 Å². The van der Waals surface area contributed by atoms with Gasteiger partial charge in [0.25, 0.3) is 0 Å². The summed E-state index contributed by atoms with van der Waals surface area (Å²) in [5.41, 5.74) is 0.581. The lowest BCUT2D eigenvalue weighted by atomic mass is 10.1. The highest BCUT2D eigenvalue weighted by Gasteiger charge is 2.32. The number of aliphatic hydroxyl groups is 1. The molecule has 1 N–H and O–H groups in total. The molecule has 0 aromatic heterocycles. The first kappa shape index (κ1) is 27.2. The zero-order valence-corrected chi connectivity index (χ0v) is 19.9. The Balaban J connectivity index is 1.92. The minimum absolute atomic E-state index is 0.395. The van der Waals surface area contributed by atoms with Crippen LogP contribution >= 0.6 is 0 Å². The molecule has 0 saturated carbocycles. The van der Waals surface area contributed by atoms with Gasteiger partial charge in [-0.25, -0.2) is 4.79 Å². The Morgan fingerprint density at radius 1 is 0.774 bits per heavy atom.